The number of pyridine rings is 2. The fourth-order valence-electron chi connectivity index (χ4n) is 3.12. The van der Waals surface area contributed by atoms with Crippen LogP contribution in [0, 0.1) is 12.7 Å². The van der Waals surface area contributed by atoms with E-state index in [1.165, 1.54) is 37.4 Å². The summed E-state index contributed by atoms with van der Waals surface area (Å²) in [7, 11) is 1.44. The predicted octanol–water partition coefficient (Wildman–Crippen LogP) is 6.07. The lowest BCUT2D eigenvalue weighted by molar-refractivity contribution is -0.137. The number of hydrogen-bond donors (Lipinski definition) is 2. The van der Waals surface area contributed by atoms with Gasteiger partial charge >= 0.3 is 6.18 Å². The number of halogens is 4. The van der Waals surface area contributed by atoms with Gasteiger partial charge in [-0.05, 0) is 48.7 Å². The second-order valence-electron chi connectivity index (χ2n) is 7.57. The SMILES string of the molecule is COc1ccc(NC(=O)c2cc(C(F)(F)F)cnc2Nc2ccc(F)cc2C(C)C)c(C)n1. The van der Waals surface area contributed by atoms with Crippen LogP contribution in [0.25, 0.3) is 0 Å². The number of nitrogens with one attached hydrogen (secondary N) is 2. The van der Waals surface area contributed by atoms with Crippen LogP contribution in [0.2, 0.25) is 0 Å². The van der Waals surface area contributed by atoms with Gasteiger partial charge in [-0.25, -0.2) is 14.4 Å². The van der Waals surface area contributed by atoms with Gasteiger partial charge in [0.2, 0.25) is 5.88 Å². The lowest BCUT2D eigenvalue weighted by atomic mass is 10.0. The Hall–Kier alpha value is -3.69. The maximum absolute atomic E-state index is 13.7. The first-order valence-corrected chi connectivity index (χ1v) is 9.96. The Balaban J connectivity index is 2.03. The van der Waals surface area contributed by atoms with Crippen LogP contribution in [-0.2, 0) is 6.18 Å². The molecule has 3 aromatic rings. The monoisotopic (exact) mass is 462 g/mol. The Bertz CT molecular complexity index is 1180. The minimum atomic E-state index is -4.70. The molecule has 1 aromatic carbocycles. The Kier molecular flexibility index (Phi) is 6.85. The Morgan fingerprint density at radius 1 is 1.09 bits per heavy atom. The summed E-state index contributed by atoms with van der Waals surface area (Å²) in [6.45, 7) is 5.30. The highest BCUT2D eigenvalue weighted by Crippen LogP contribution is 2.33. The van der Waals surface area contributed by atoms with Gasteiger partial charge < -0.3 is 15.4 Å². The zero-order valence-electron chi connectivity index (χ0n) is 18.3. The molecule has 0 bridgehead atoms. The number of anilines is 3. The minimum Gasteiger partial charge on any atom is -0.481 e. The van der Waals surface area contributed by atoms with Crippen LogP contribution in [0.3, 0.4) is 0 Å². The average molecular weight is 462 g/mol. The first-order chi connectivity index (χ1) is 15.5. The standard InChI is InChI=1S/C23H22F4N4O2/c1-12(2)16-10-15(24)5-6-19(16)30-21-17(9-14(11-28-21)23(25,26)27)22(32)31-18-7-8-20(33-4)29-13(18)3/h5-12H,1-4H3,(H,28,30)(H,31,32). The molecule has 3 rings (SSSR count). The number of amides is 1. The second kappa shape index (κ2) is 9.43. The quantitative estimate of drug-likeness (QED) is 0.435. The third-order valence-corrected chi connectivity index (χ3v) is 4.87. The Labute approximate surface area is 188 Å². The maximum atomic E-state index is 13.7. The molecule has 0 radical (unpaired) electrons. The molecule has 2 heterocycles. The van der Waals surface area contributed by atoms with E-state index in [-0.39, 0.29) is 17.3 Å². The molecule has 0 aliphatic heterocycles. The molecule has 174 valence electrons. The number of nitrogens with zero attached hydrogens (tertiary/aromatic N) is 2. The summed E-state index contributed by atoms with van der Waals surface area (Å²) in [6, 6.07) is 7.75. The Morgan fingerprint density at radius 3 is 2.39 bits per heavy atom. The van der Waals surface area contributed by atoms with Crippen LogP contribution in [0.5, 0.6) is 5.88 Å². The molecule has 0 aliphatic rings. The molecular formula is C23H22F4N4O2. The van der Waals surface area contributed by atoms with Crippen LogP contribution in [0.4, 0.5) is 34.8 Å². The predicted molar refractivity (Wildman–Crippen MR) is 116 cm³/mol. The zero-order chi connectivity index (χ0) is 24.3. The van der Waals surface area contributed by atoms with Gasteiger partial charge in [0.05, 0.1) is 29.6 Å². The molecule has 0 unspecified atom stereocenters. The molecular weight excluding hydrogens is 440 g/mol. The Morgan fingerprint density at radius 2 is 1.79 bits per heavy atom. The van der Waals surface area contributed by atoms with E-state index in [0.717, 1.165) is 6.07 Å². The van der Waals surface area contributed by atoms with Crippen LogP contribution >= 0.6 is 0 Å². The molecule has 10 heteroatoms. The van der Waals surface area contributed by atoms with E-state index in [1.54, 1.807) is 6.92 Å². The average Bonchev–Trinajstić information content (AvgIpc) is 2.75. The zero-order valence-corrected chi connectivity index (χ0v) is 18.3. The summed E-state index contributed by atoms with van der Waals surface area (Å²) in [5, 5.41) is 5.45. The van der Waals surface area contributed by atoms with Crippen molar-refractivity contribution in [3.05, 3.63) is 70.8 Å². The lowest BCUT2D eigenvalue weighted by Crippen LogP contribution is -2.18. The number of hydrogen-bond acceptors (Lipinski definition) is 5. The third-order valence-electron chi connectivity index (χ3n) is 4.87. The minimum absolute atomic E-state index is 0.0945. The van der Waals surface area contributed by atoms with Crippen molar-refractivity contribution >= 4 is 23.1 Å². The second-order valence-corrected chi connectivity index (χ2v) is 7.57. The van der Waals surface area contributed by atoms with Gasteiger partial charge in [0, 0.05) is 18.0 Å². The number of ether oxygens (including phenoxy) is 1. The first-order valence-electron chi connectivity index (χ1n) is 9.96. The summed E-state index contributed by atoms with van der Waals surface area (Å²) in [6.07, 6.45) is -4.06. The number of benzene rings is 1. The molecule has 0 atom stereocenters. The summed E-state index contributed by atoms with van der Waals surface area (Å²) >= 11 is 0. The third kappa shape index (κ3) is 5.57. The van der Waals surface area contributed by atoms with E-state index in [9.17, 15) is 22.4 Å². The van der Waals surface area contributed by atoms with Crippen LogP contribution in [0.1, 0.15) is 46.9 Å². The fraction of sp³-hybridized carbons (Fsp3) is 0.261. The molecule has 0 aliphatic carbocycles. The smallest absolute Gasteiger partial charge is 0.417 e. The highest BCUT2D eigenvalue weighted by molar-refractivity contribution is 6.08. The summed E-state index contributed by atoms with van der Waals surface area (Å²) in [5.41, 5.74) is 0.310. The number of methoxy groups -OCH3 is 1. The van der Waals surface area contributed by atoms with Gasteiger partial charge in [0.25, 0.3) is 5.91 Å². The van der Waals surface area contributed by atoms with Crippen molar-refractivity contribution in [1.29, 1.82) is 0 Å². The number of alkyl halides is 3. The van der Waals surface area contributed by atoms with Crippen LogP contribution < -0.4 is 15.4 Å². The van der Waals surface area contributed by atoms with Crippen molar-refractivity contribution in [3.8, 4) is 5.88 Å². The van der Waals surface area contributed by atoms with Crippen LogP contribution in [0.15, 0.2) is 42.6 Å². The molecule has 33 heavy (non-hydrogen) atoms. The molecule has 2 aromatic heterocycles. The van der Waals surface area contributed by atoms with Gasteiger partial charge in [-0.2, -0.15) is 13.2 Å². The van der Waals surface area contributed by atoms with Gasteiger partial charge in [0.15, 0.2) is 0 Å². The number of carbonyl (C=O) groups excluding carboxylic acids is 1. The molecule has 0 spiro atoms. The molecule has 6 nitrogen and oxygen atoms in total. The topological polar surface area (TPSA) is 76.1 Å². The highest BCUT2D eigenvalue weighted by Gasteiger charge is 2.33. The number of carbonyl (C=O) groups is 1. The van der Waals surface area contributed by atoms with Crippen molar-refractivity contribution in [3.63, 3.8) is 0 Å². The van der Waals surface area contributed by atoms with E-state index in [1.807, 2.05) is 13.8 Å². The summed E-state index contributed by atoms with van der Waals surface area (Å²) in [4.78, 5) is 21.0. The first kappa shape index (κ1) is 24.0. The van der Waals surface area contributed by atoms with Gasteiger partial charge in [0.1, 0.15) is 11.6 Å². The van der Waals surface area contributed by atoms with E-state index >= 15 is 0 Å². The summed E-state index contributed by atoms with van der Waals surface area (Å²) < 4.78 is 58.7. The van der Waals surface area contributed by atoms with E-state index in [4.69, 9.17) is 4.74 Å². The molecule has 0 saturated carbocycles. The molecule has 1 amide bonds. The number of rotatable bonds is 6. The van der Waals surface area contributed by atoms with Crippen molar-refractivity contribution < 1.29 is 27.1 Å². The van der Waals surface area contributed by atoms with Crippen molar-refractivity contribution in [1.82, 2.24) is 9.97 Å². The van der Waals surface area contributed by atoms with Crippen LogP contribution in [-0.4, -0.2) is 23.0 Å². The summed E-state index contributed by atoms with van der Waals surface area (Å²) in [5.74, 6) is -1.15. The number of aromatic nitrogens is 2. The largest absolute Gasteiger partial charge is 0.481 e. The van der Waals surface area contributed by atoms with Gasteiger partial charge in [-0.1, -0.05) is 13.8 Å². The number of aryl methyl sites for hydroxylation is 1. The molecule has 2 N–H and O–H groups in total. The highest BCUT2D eigenvalue weighted by atomic mass is 19.4. The lowest BCUT2D eigenvalue weighted by Gasteiger charge is -2.18. The van der Waals surface area contributed by atoms with Gasteiger partial charge in [-0.15, -0.1) is 0 Å². The van der Waals surface area contributed by atoms with E-state index in [0.29, 0.717) is 34.7 Å². The normalized spacial score (nSPS) is 11.4. The molecule has 0 fully saturated rings. The van der Waals surface area contributed by atoms with E-state index < -0.39 is 23.5 Å². The van der Waals surface area contributed by atoms with Crippen molar-refractivity contribution in [2.45, 2.75) is 32.9 Å². The molecule has 0 saturated heterocycles. The van der Waals surface area contributed by atoms with Crippen molar-refractivity contribution in [2.24, 2.45) is 0 Å². The van der Waals surface area contributed by atoms with Crippen molar-refractivity contribution in [2.75, 3.05) is 17.7 Å². The van der Waals surface area contributed by atoms with Gasteiger partial charge in [-0.3, -0.25) is 4.79 Å². The van der Waals surface area contributed by atoms with E-state index in [2.05, 4.69) is 20.6 Å². The maximum Gasteiger partial charge on any atom is 0.417 e. The fourth-order valence-corrected chi connectivity index (χ4v) is 3.12.